The summed E-state index contributed by atoms with van der Waals surface area (Å²) in [5.41, 5.74) is -1.29. The number of hydrogen-bond donors (Lipinski definition) is 10. The van der Waals surface area contributed by atoms with Crippen LogP contribution in [0.2, 0.25) is 0 Å². The molecule has 462 valence electrons. The molecule has 0 saturated carbocycles. The van der Waals surface area contributed by atoms with Crippen molar-refractivity contribution >= 4 is 63.3 Å². The highest BCUT2D eigenvalue weighted by atomic mass is 32.2. The largest absolute Gasteiger partial charge is 0.480 e. The van der Waals surface area contributed by atoms with Crippen LogP contribution in [0, 0.1) is 0 Å². The van der Waals surface area contributed by atoms with E-state index in [1.165, 1.54) is 18.2 Å². The molecule has 3 aliphatic rings. The number of benzene rings is 2. The van der Waals surface area contributed by atoms with Gasteiger partial charge in [-0.3, -0.25) is 58.2 Å². The second-order valence-electron chi connectivity index (χ2n) is 19.7. The van der Waals surface area contributed by atoms with Gasteiger partial charge in [-0.2, -0.15) is 17.9 Å². The van der Waals surface area contributed by atoms with Crippen LogP contribution in [0.25, 0.3) is 0 Å². The molecule has 0 aliphatic carbocycles. The maximum Gasteiger partial charge on any atom is 0.416 e. The number of piperidine rings is 1. The van der Waals surface area contributed by atoms with Crippen LogP contribution in [0.4, 0.5) is 18.9 Å². The van der Waals surface area contributed by atoms with Crippen molar-refractivity contribution in [3.05, 3.63) is 59.2 Å². The topological polar surface area (TPSA) is 363 Å². The molecule has 3 amide bonds. The SMILES string of the molecule is O=C(O)CN1CCN(CC(=O)O)CCN(CC(=O)NCCOCCOCCOCCNC(=O)c2ccc(S(=O)(=O)N[C@@H](CNC(=O)c3cc(N4CCC(NC5=NCCCN5)CC4)cc(C(F)(F)F)c3)C(=O)O)cc2)CCN(CC(=O)O)CC1. The molecule has 5 rings (SSSR count). The predicted octanol–water partition coefficient (Wildman–Crippen LogP) is -1.85. The number of amides is 3. The monoisotopic (exact) mass is 1200 g/mol. The summed E-state index contributed by atoms with van der Waals surface area (Å²) in [5, 5.41) is 52.2. The van der Waals surface area contributed by atoms with E-state index in [2.05, 4.69) is 31.6 Å². The molecule has 2 aromatic rings. The number of nitrogens with one attached hydrogen (secondary N) is 6. The molecule has 2 aromatic carbocycles. The first-order valence-electron chi connectivity index (χ1n) is 27.0. The van der Waals surface area contributed by atoms with Crippen LogP contribution in [-0.4, -0.2) is 272 Å². The number of sulfonamides is 1. The van der Waals surface area contributed by atoms with Gasteiger partial charge in [-0.1, -0.05) is 0 Å². The lowest BCUT2D eigenvalue weighted by Crippen LogP contribution is -2.50. The van der Waals surface area contributed by atoms with E-state index in [9.17, 15) is 75.6 Å². The number of halogens is 3. The van der Waals surface area contributed by atoms with Gasteiger partial charge in [-0.15, -0.1) is 0 Å². The molecule has 2 fully saturated rings. The molecule has 0 aromatic heterocycles. The number of rotatable bonds is 30. The number of carbonyl (C=O) groups excluding carboxylic acids is 3. The molecule has 0 spiro atoms. The third-order valence-corrected chi connectivity index (χ3v) is 14.8. The normalized spacial score (nSPS) is 17.2. The summed E-state index contributed by atoms with van der Waals surface area (Å²) in [5.74, 6) is -6.11. The standard InChI is InChI=1S/C51H75F3N12O16S/c52-51(53,54)38-28-37(29-40(30-38)66-12-6-39(7-13-66)60-50-57-8-1-9-58-50)48(75)59-31-42(49(76)77)61-83(78,79)41-4-2-36(3-5-41)47(74)56-11-23-81-25-27-82-26-24-80-22-10-55-43(67)32-62-14-16-63(33-44(68)69)18-20-65(35-46(72)73)21-19-64(17-15-62)34-45(70)71/h2-5,28-30,39,42,61H,1,6-27,31-35H2,(H,55,67)(H,56,74)(H,59,75)(H,68,69)(H,70,71)(H,72,73)(H,76,77)(H2,57,58,60)/t42-/m0/s1. The molecule has 10 N–H and O–H groups in total. The lowest BCUT2D eigenvalue weighted by Gasteiger charge is -2.35. The first-order valence-corrected chi connectivity index (χ1v) is 28.5. The molecule has 28 nitrogen and oxygen atoms in total. The maximum absolute atomic E-state index is 14.0. The van der Waals surface area contributed by atoms with Gasteiger partial charge in [0.2, 0.25) is 15.9 Å². The summed E-state index contributed by atoms with van der Waals surface area (Å²) in [7, 11) is -4.56. The van der Waals surface area contributed by atoms with Crippen LogP contribution < -0.4 is 36.2 Å². The Kier molecular flexibility index (Phi) is 27.5. The minimum absolute atomic E-state index is 0.0332. The number of carboxylic acid groups (broad SMARTS) is 4. The molecular weight excluding hydrogens is 1130 g/mol. The summed E-state index contributed by atoms with van der Waals surface area (Å²) in [4.78, 5) is 98.0. The van der Waals surface area contributed by atoms with Crippen molar-refractivity contribution in [1.82, 2.24) is 50.9 Å². The Bertz CT molecular complexity index is 2580. The number of alkyl halides is 3. The van der Waals surface area contributed by atoms with Gasteiger partial charge in [-0.25, -0.2) is 8.42 Å². The van der Waals surface area contributed by atoms with Gasteiger partial charge in [0.25, 0.3) is 11.8 Å². The summed E-state index contributed by atoms with van der Waals surface area (Å²) >= 11 is 0. The Hall–Kier alpha value is -6.78. The summed E-state index contributed by atoms with van der Waals surface area (Å²) in [6.07, 6.45) is -2.74. The van der Waals surface area contributed by atoms with E-state index in [0.29, 0.717) is 57.6 Å². The third kappa shape index (κ3) is 24.9. The van der Waals surface area contributed by atoms with Crippen molar-refractivity contribution < 1.29 is 89.8 Å². The summed E-state index contributed by atoms with van der Waals surface area (Å²) in [6.45, 7) is 4.00. The van der Waals surface area contributed by atoms with Crippen LogP contribution in [-0.2, 0) is 54.4 Å². The quantitative estimate of drug-likeness (QED) is 0.0384. The number of anilines is 1. The third-order valence-electron chi connectivity index (χ3n) is 13.3. The van der Waals surface area contributed by atoms with Crippen LogP contribution in [0.5, 0.6) is 0 Å². The van der Waals surface area contributed by atoms with Crippen molar-refractivity contribution in [1.29, 1.82) is 0 Å². The first-order chi connectivity index (χ1) is 39.5. The van der Waals surface area contributed by atoms with E-state index in [1.54, 1.807) is 24.5 Å². The zero-order valence-electron chi connectivity index (χ0n) is 45.9. The van der Waals surface area contributed by atoms with Gasteiger partial charge < -0.3 is 66.1 Å². The Morgan fingerprint density at radius 3 is 1.61 bits per heavy atom. The number of aliphatic carboxylic acids is 4. The highest BCUT2D eigenvalue weighted by Crippen LogP contribution is 2.34. The first kappa shape index (κ1) is 67.0. The van der Waals surface area contributed by atoms with E-state index >= 15 is 0 Å². The highest BCUT2D eigenvalue weighted by molar-refractivity contribution is 7.89. The van der Waals surface area contributed by atoms with Gasteiger partial charge >= 0.3 is 30.1 Å². The van der Waals surface area contributed by atoms with Crippen LogP contribution in [0.15, 0.2) is 52.4 Å². The van der Waals surface area contributed by atoms with Crippen LogP contribution in [0.1, 0.15) is 45.5 Å². The summed E-state index contributed by atoms with van der Waals surface area (Å²) in [6, 6.07) is 5.48. The number of ether oxygens (including phenoxy) is 3. The Labute approximate surface area is 478 Å². The molecular formula is C51H75F3N12O16S. The number of guanidine groups is 1. The fourth-order valence-corrected chi connectivity index (χ4v) is 10.1. The Balaban J connectivity index is 0.951. The average Bonchev–Trinajstić information content (AvgIpc) is 3.49. The van der Waals surface area contributed by atoms with E-state index in [1.807, 2.05) is 4.72 Å². The zero-order valence-corrected chi connectivity index (χ0v) is 46.7. The van der Waals surface area contributed by atoms with Crippen LogP contribution >= 0.6 is 0 Å². The Morgan fingerprint density at radius 1 is 0.639 bits per heavy atom. The fraction of sp³-hybridized carbons (Fsp3) is 0.608. The lowest BCUT2D eigenvalue weighted by atomic mass is 10.0. The molecule has 1 atom stereocenters. The zero-order chi connectivity index (χ0) is 60.4. The van der Waals surface area contributed by atoms with Gasteiger partial charge in [0.05, 0.1) is 76.3 Å². The molecule has 3 aliphatic heterocycles. The lowest BCUT2D eigenvalue weighted by molar-refractivity contribution is -0.140. The molecule has 3 heterocycles. The second-order valence-corrected chi connectivity index (χ2v) is 21.4. The molecule has 0 radical (unpaired) electrons. The molecule has 32 heteroatoms. The number of carbonyl (C=O) groups is 7. The highest BCUT2D eigenvalue weighted by Gasteiger charge is 2.34. The fourth-order valence-electron chi connectivity index (χ4n) is 8.90. The second kappa shape index (κ2) is 34.1. The van der Waals surface area contributed by atoms with Crippen LogP contribution in [0.3, 0.4) is 0 Å². The molecule has 0 bridgehead atoms. The average molecular weight is 1200 g/mol. The number of carboxylic acids is 4. The van der Waals surface area contributed by atoms with Crippen molar-refractivity contribution in [3.63, 3.8) is 0 Å². The van der Waals surface area contributed by atoms with Gasteiger partial charge in [0, 0.05) is 121 Å². The number of nitrogens with zero attached hydrogens (tertiary/aromatic N) is 6. The molecule has 2 saturated heterocycles. The minimum atomic E-state index is -4.81. The number of aliphatic imine (C=N–C) groups is 1. The Morgan fingerprint density at radius 2 is 1.13 bits per heavy atom. The van der Waals surface area contributed by atoms with Crippen molar-refractivity contribution in [2.75, 3.05) is 169 Å². The van der Waals surface area contributed by atoms with E-state index in [-0.39, 0.29) is 141 Å². The summed E-state index contributed by atoms with van der Waals surface area (Å²) < 4.78 is 87.0. The van der Waals surface area contributed by atoms with Crippen molar-refractivity contribution in [2.45, 2.75) is 42.4 Å². The van der Waals surface area contributed by atoms with E-state index in [0.717, 1.165) is 31.2 Å². The molecule has 83 heavy (non-hydrogen) atoms. The van der Waals surface area contributed by atoms with E-state index in [4.69, 9.17) is 14.2 Å². The van der Waals surface area contributed by atoms with Crippen molar-refractivity contribution in [2.24, 2.45) is 4.99 Å². The number of hydrogen-bond acceptors (Lipinski definition) is 20. The molecule has 0 unspecified atom stereocenters. The van der Waals surface area contributed by atoms with Gasteiger partial charge in [-0.05, 0) is 61.7 Å². The van der Waals surface area contributed by atoms with Gasteiger partial charge in [0.15, 0.2) is 5.96 Å². The minimum Gasteiger partial charge on any atom is -0.480 e. The van der Waals surface area contributed by atoms with E-state index < -0.39 is 80.5 Å². The maximum atomic E-state index is 14.0. The van der Waals surface area contributed by atoms with Crippen molar-refractivity contribution in [3.8, 4) is 0 Å². The predicted molar refractivity (Wildman–Crippen MR) is 292 cm³/mol. The smallest absolute Gasteiger partial charge is 0.416 e. The van der Waals surface area contributed by atoms with Gasteiger partial charge in [0.1, 0.15) is 6.04 Å².